The molecule has 0 heterocycles. The topological polar surface area (TPSA) is 354 Å². The summed E-state index contributed by atoms with van der Waals surface area (Å²) < 4.78 is 79.5. The number of fused-ring (bicyclic) bond motifs is 1. The molecule has 1 amide bonds. The van der Waals surface area contributed by atoms with Gasteiger partial charge in [0.15, 0.2) is 11.4 Å². The van der Waals surface area contributed by atoms with E-state index in [1.165, 1.54) is 30.3 Å². The van der Waals surface area contributed by atoms with Crippen molar-refractivity contribution in [3.8, 4) is 11.5 Å². The number of anilines is 2. The Bertz CT molecular complexity index is 2830. The molecule has 0 atom stereocenters. The number of nitro groups is 1. The van der Waals surface area contributed by atoms with Crippen LogP contribution in [0.2, 0.25) is 0 Å². The highest BCUT2D eigenvalue weighted by molar-refractivity contribution is 7.86. The molecule has 5 aromatic carbocycles. The highest BCUT2D eigenvalue weighted by atomic mass is 32.2. The molecule has 23 nitrogen and oxygen atoms in total. The summed E-state index contributed by atoms with van der Waals surface area (Å²) in [4.78, 5) is 41.6. The average Bonchev–Trinajstić information content (AvgIpc) is 3.17. The highest BCUT2D eigenvalue weighted by Crippen LogP contribution is 2.48. The molecule has 6 N–H and O–H groups in total. The number of phenolic OH excluding ortho intramolecular Hbond substituents is 1. The zero-order chi connectivity index (χ0) is 43.1. The zero-order valence-electron chi connectivity index (χ0n) is 29.9. The lowest BCUT2D eigenvalue weighted by molar-refractivity contribution is -0.384. The molecule has 25 heteroatoms. The van der Waals surface area contributed by atoms with Gasteiger partial charge in [0.05, 0.1) is 46.1 Å². The van der Waals surface area contributed by atoms with Gasteiger partial charge in [-0.1, -0.05) is 0 Å². The van der Waals surface area contributed by atoms with Crippen molar-refractivity contribution in [3.05, 3.63) is 88.5 Å². The maximum absolute atomic E-state index is 12.6. The number of carbonyl (C=O) groups excluding carboxylic acids is 3. The Hall–Kier alpha value is -7.61. The van der Waals surface area contributed by atoms with E-state index in [2.05, 4.69) is 40.7 Å². The van der Waals surface area contributed by atoms with Crippen LogP contribution in [0, 0.1) is 17.0 Å². The maximum atomic E-state index is 12.6. The Morgan fingerprint density at radius 3 is 2.07 bits per heavy atom. The molecule has 0 unspecified atom stereocenters. The first-order valence-electron chi connectivity index (χ1n) is 16.2. The summed E-state index contributed by atoms with van der Waals surface area (Å²) in [6, 6.07) is 15.0. The lowest BCUT2D eigenvalue weighted by Gasteiger charge is -2.14. The zero-order valence-corrected chi connectivity index (χ0v) is 31.5. The molecular weight excluding hydrogens is 823 g/mol. The van der Waals surface area contributed by atoms with Crippen LogP contribution in [0.3, 0.4) is 0 Å². The molecule has 5 aromatic rings. The Morgan fingerprint density at radius 2 is 1.44 bits per heavy atom. The van der Waals surface area contributed by atoms with Crippen LogP contribution in [0.15, 0.2) is 113 Å². The Labute approximate surface area is 331 Å². The first-order valence-corrected chi connectivity index (χ1v) is 19.1. The quantitative estimate of drug-likeness (QED) is 0.0125. The molecule has 0 fully saturated rings. The van der Waals surface area contributed by atoms with Crippen LogP contribution in [0.25, 0.3) is 10.8 Å². The number of carbonyl (C=O) groups is 3. The number of hydrogen-bond donors (Lipinski definition) is 5. The van der Waals surface area contributed by atoms with Gasteiger partial charge in [-0.25, -0.2) is 0 Å². The fraction of sp³-hybridized carbons (Fsp3) is 0.0882. The normalized spacial score (nSPS) is 12.0. The van der Waals surface area contributed by atoms with Crippen LogP contribution in [0.5, 0.6) is 11.5 Å². The predicted molar refractivity (Wildman–Crippen MR) is 205 cm³/mol. The number of nitro benzene ring substituents is 1. The number of rotatable bonds is 16. The van der Waals surface area contributed by atoms with Crippen LogP contribution >= 0.6 is 0 Å². The van der Waals surface area contributed by atoms with Crippen LogP contribution in [0.4, 0.5) is 51.2 Å². The Balaban J connectivity index is 1.56. The number of aromatic hydroxyl groups is 1. The first kappa shape index (κ1) is 42.5. The van der Waals surface area contributed by atoms with Crippen molar-refractivity contribution in [1.82, 2.24) is 0 Å². The monoisotopic (exact) mass is 849 g/mol. The number of azo groups is 3. The van der Waals surface area contributed by atoms with Crippen molar-refractivity contribution in [1.29, 1.82) is 0 Å². The highest BCUT2D eigenvalue weighted by Gasteiger charge is 2.29. The fourth-order valence-corrected chi connectivity index (χ4v) is 6.49. The van der Waals surface area contributed by atoms with Gasteiger partial charge in [0.25, 0.3) is 38.9 Å². The van der Waals surface area contributed by atoms with Crippen molar-refractivity contribution in [3.63, 3.8) is 0 Å². The van der Waals surface area contributed by atoms with Gasteiger partial charge in [0, 0.05) is 17.1 Å². The minimum absolute atomic E-state index is 0.0889. The molecule has 0 spiro atoms. The van der Waals surface area contributed by atoms with Gasteiger partial charge in [-0.05, 0) is 79.2 Å². The summed E-state index contributed by atoms with van der Waals surface area (Å²) >= 11 is 0. The van der Waals surface area contributed by atoms with Gasteiger partial charge in [0.1, 0.15) is 26.9 Å². The summed E-state index contributed by atoms with van der Waals surface area (Å²) in [5, 5.41) is 47.9. The van der Waals surface area contributed by atoms with Crippen LogP contribution in [-0.2, 0) is 39.4 Å². The molecule has 304 valence electrons. The number of nitrogens with two attached hydrogens (primary N) is 1. The summed E-state index contributed by atoms with van der Waals surface area (Å²) in [5.74, 6) is -1.57. The molecule has 0 aliphatic heterocycles. The summed E-state index contributed by atoms with van der Waals surface area (Å²) in [5.41, 5.74) is 4.44. The number of ether oxygens (including phenoxy) is 2. The minimum Gasteiger partial charge on any atom is -0.505 e. The molecule has 0 saturated heterocycles. The van der Waals surface area contributed by atoms with Gasteiger partial charge in [-0.15, -0.1) is 15.3 Å². The van der Waals surface area contributed by atoms with E-state index in [0.29, 0.717) is 28.8 Å². The fourth-order valence-electron chi connectivity index (χ4n) is 5.14. The number of nitrogen functional groups attached to an aromatic ring is 1. The standard InChI is InChI=1S/C34H27N9O14S2/c1-18-12-21(5-8-24(18)39-37-19-2-6-22(7-3-19)57-17-45)38-41-26-15-28(58(50,51)52)23-14-29(59(53,54)55)33(34(47)31(23)32(26)35)42-40-25-9-4-20(13-27(25)43(48)49)36-30(46)10-11-56-16-44/h2-9,12-17,47H,10-11,35H2,1H3,(H,36,46)(H,50,51,52)(H,53,54,55)/b39-37+,41-38+,42-40+. The van der Waals surface area contributed by atoms with Gasteiger partial charge >= 0.3 is 0 Å². The predicted octanol–water partition coefficient (Wildman–Crippen LogP) is 7.12. The van der Waals surface area contributed by atoms with Gasteiger partial charge in [-0.3, -0.25) is 33.6 Å². The molecule has 5 rings (SSSR count). The summed E-state index contributed by atoms with van der Waals surface area (Å²) in [6.45, 7) is 1.82. The molecule has 0 aliphatic rings. The van der Waals surface area contributed by atoms with Gasteiger partial charge in [-0.2, -0.15) is 32.2 Å². The molecule has 59 heavy (non-hydrogen) atoms. The second kappa shape index (κ2) is 17.7. The lowest BCUT2D eigenvalue weighted by Crippen LogP contribution is -2.14. The van der Waals surface area contributed by atoms with E-state index in [9.17, 15) is 55.5 Å². The van der Waals surface area contributed by atoms with E-state index in [0.717, 1.165) is 24.3 Å². The number of hydrogen-bond acceptors (Lipinski definition) is 19. The van der Waals surface area contributed by atoms with Crippen molar-refractivity contribution in [2.45, 2.75) is 23.1 Å². The van der Waals surface area contributed by atoms with Crippen molar-refractivity contribution in [2.24, 2.45) is 30.7 Å². The molecular formula is C34H27N9O14S2. The van der Waals surface area contributed by atoms with Gasteiger partial charge in [0.2, 0.25) is 5.91 Å². The van der Waals surface area contributed by atoms with E-state index in [1.807, 2.05) is 0 Å². The number of phenols is 1. The van der Waals surface area contributed by atoms with Crippen LogP contribution < -0.4 is 15.8 Å². The van der Waals surface area contributed by atoms with Crippen LogP contribution in [-0.4, -0.2) is 61.4 Å². The van der Waals surface area contributed by atoms with E-state index < -0.39 is 85.8 Å². The van der Waals surface area contributed by atoms with Crippen LogP contribution in [0.1, 0.15) is 12.0 Å². The number of aryl methyl sites for hydroxylation is 1. The Kier molecular flexibility index (Phi) is 12.7. The molecule has 0 aromatic heterocycles. The van der Waals surface area contributed by atoms with Crippen molar-refractivity contribution in [2.75, 3.05) is 17.7 Å². The third-order valence-corrected chi connectivity index (χ3v) is 9.61. The molecule has 0 aliphatic carbocycles. The Morgan fingerprint density at radius 1 is 0.814 bits per heavy atom. The molecule has 0 saturated carbocycles. The van der Waals surface area contributed by atoms with Crippen molar-refractivity contribution < 1.29 is 59.8 Å². The van der Waals surface area contributed by atoms with Crippen molar-refractivity contribution >= 4 is 101 Å². The second-order valence-corrected chi connectivity index (χ2v) is 14.5. The van der Waals surface area contributed by atoms with E-state index in [-0.39, 0.29) is 37.3 Å². The number of amides is 1. The van der Waals surface area contributed by atoms with E-state index in [1.54, 1.807) is 19.1 Å². The van der Waals surface area contributed by atoms with Gasteiger partial charge < -0.3 is 25.6 Å². The maximum Gasteiger partial charge on any atom is 0.298 e. The SMILES string of the molecule is Cc1cc(/N=N/c2cc(S(=O)(=O)O)c3cc(S(=O)(=O)O)c(/N=N/c4ccc(NC(=O)CCOC=O)cc4[N+](=O)[O-])c(O)c3c2N)ccc1/N=N/c1ccc(OC=O)cc1. The third kappa shape index (κ3) is 10.2. The van der Waals surface area contributed by atoms with E-state index in [4.69, 9.17) is 10.5 Å². The average molecular weight is 850 g/mol. The smallest absolute Gasteiger partial charge is 0.298 e. The summed E-state index contributed by atoms with van der Waals surface area (Å²) in [7, 11) is -10.6. The second-order valence-electron chi connectivity index (χ2n) is 11.8. The molecule has 0 bridgehead atoms. The minimum atomic E-state index is -5.39. The largest absolute Gasteiger partial charge is 0.505 e. The third-order valence-electron chi connectivity index (χ3n) is 7.85. The number of nitrogens with zero attached hydrogens (tertiary/aromatic N) is 7. The number of benzene rings is 5. The first-order chi connectivity index (χ1) is 27.9. The lowest BCUT2D eigenvalue weighted by atomic mass is 10.0. The van der Waals surface area contributed by atoms with E-state index >= 15 is 0 Å². The summed E-state index contributed by atoms with van der Waals surface area (Å²) in [6.07, 6.45) is -0.278. The number of nitrogens with one attached hydrogen (secondary N) is 1. The molecule has 0 radical (unpaired) electrons.